The molecule has 7 heteroatoms. The molecule has 0 bridgehead atoms. The van der Waals surface area contributed by atoms with Gasteiger partial charge >= 0.3 is 0 Å². The Labute approximate surface area is 109 Å². The SMILES string of the molecule is Cc1cnc(C(=N)c2cc(Cl)cnc2N)nc1N. The lowest BCUT2D eigenvalue weighted by molar-refractivity contribution is 1.10. The van der Waals surface area contributed by atoms with Gasteiger partial charge in [-0.2, -0.15) is 0 Å². The summed E-state index contributed by atoms with van der Waals surface area (Å²) in [5.74, 6) is 0.722. The van der Waals surface area contributed by atoms with Gasteiger partial charge in [0.05, 0.1) is 5.02 Å². The molecular weight excluding hydrogens is 252 g/mol. The molecule has 0 aliphatic rings. The first-order chi connectivity index (χ1) is 8.49. The van der Waals surface area contributed by atoms with Crippen molar-refractivity contribution in [2.45, 2.75) is 6.92 Å². The molecule has 0 aromatic carbocycles. The minimum absolute atomic E-state index is 0.0363. The van der Waals surface area contributed by atoms with Crippen LogP contribution < -0.4 is 11.5 Å². The Morgan fingerprint density at radius 3 is 2.61 bits per heavy atom. The van der Waals surface area contributed by atoms with E-state index in [9.17, 15) is 0 Å². The van der Waals surface area contributed by atoms with E-state index in [-0.39, 0.29) is 17.4 Å². The van der Waals surface area contributed by atoms with Crippen molar-refractivity contribution in [1.82, 2.24) is 15.0 Å². The highest BCUT2D eigenvalue weighted by Crippen LogP contribution is 2.18. The molecule has 2 rings (SSSR count). The Morgan fingerprint density at radius 1 is 1.22 bits per heavy atom. The molecule has 0 spiro atoms. The predicted molar refractivity (Wildman–Crippen MR) is 70.8 cm³/mol. The molecule has 6 nitrogen and oxygen atoms in total. The third kappa shape index (κ3) is 2.23. The molecule has 92 valence electrons. The second-order valence-corrected chi connectivity index (χ2v) is 4.16. The van der Waals surface area contributed by atoms with E-state index in [4.69, 9.17) is 28.5 Å². The normalized spacial score (nSPS) is 10.3. The van der Waals surface area contributed by atoms with Crippen LogP contribution in [0.15, 0.2) is 18.5 Å². The van der Waals surface area contributed by atoms with Crippen molar-refractivity contribution in [3.63, 3.8) is 0 Å². The van der Waals surface area contributed by atoms with Gasteiger partial charge in [0.25, 0.3) is 0 Å². The van der Waals surface area contributed by atoms with Gasteiger partial charge in [-0.05, 0) is 13.0 Å². The van der Waals surface area contributed by atoms with Gasteiger partial charge in [-0.15, -0.1) is 0 Å². The molecule has 0 saturated heterocycles. The zero-order chi connectivity index (χ0) is 13.3. The summed E-state index contributed by atoms with van der Waals surface area (Å²) in [5.41, 5.74) is 12.6. The summed E-state index contributed by atoms with van der Waals surface area (Å²) < 4.78 is 0. The van der Waals surface area contributed by atoms with Gasteiger partial charge in [0.15, 0.2) is 5.82 Å². The molecule has 5 N–H and O–H groups in total. The van der Waals surface area contributed by atoms with Gasteiger partial charge < -0.3 is 11.5 Å². The Balaban J connectivity index is 2.47. The van der Waals surface area contributed by atoms with Crippen LogP contribution in [0.1, 0.15) is 17.0 Å². The highest BCUT2D eigenvalue weighted by molar-refractivity contribution is 6.31. The smallest absolute Gasteiger partial charge is 0.180 e. The highest BCUT2D eigenvalue weighted by atomic mass is 35.5. The van der Waals surface area contributed by atoms with Crippen molar-refractivity contribution < 1.29 is 0 Å². The molecule has 18 heavy (non-hydrogen) atoms. The zero-order valence-corrected chi connectivity index (χ0v) is 10.4. The van der Waals surface area contributed by atoms with E-state index in [1.807, 2.05) is 0 Å². The Kier molecular flexibility index (Phi) is 3.12. The largest absolute Gasteiger partial charge is 0.383 e. The van der Waals surface area contributed by atoms with Crippen molar-refractivity contribution in [1.29, 1.82) is 5.41 Å². The third-order valence-electron chi connectivity index (χ3n) is 2.39. The summed E-state index contributed by atoms with van der Waals surface area (Å²) in [7, 11) is 0. The maximum Gasteiger partial charge on any atom is 0.180 e. The third-order valence-corrected chi connectivity index (χ3v) is 2.60. The van der Waals surface area contributed by atoms with Crippen LogP contribution in [-0.4, -0.2) is 20.7 Å². The lowest BCUT2D eigenvalue weighted by Gasteiger charge is -2.07. The number of hydrogen-bond acceptors (Lipinski definition) is 6. The molecule has 2 aromatic rings. The van der Waals surface area contributed by atoms with Crippen molar-refractivity contribution in [2.75, 3.05) is 11.5 Å². The molecule has 0 radical (unpaired) electrons. The molecule has 0 atom stereocenters. The van der Waals surface area contributed by atoms with Crippen LogP contribution in [0.4, 0.5) is 11.6 Å². The monoisotopic (exact) mass is 262 g/mol. The molecule has 0 saturated carbocycles. The first-order valence-electron chi connectivity index (χ1n) is 5.08. The van der Waals surface area contributed by atoms with Crippen LogP contribution in [0.5, 0.6) is 0 Å². The predicted octanol–water partition coefficient (Wildman–Crippen LogP) is 1.41. The van der Waals surface area contributed by atoms with E-state index in [0.29, 0.717) is 16.4 Å². The maximum atomic E-state index is 8.02. The number of rotatable bonds is 2. The summed E-state index contributed by atoms with van der Waals surface area (Å²) in [6.45, 7) is 1.79. The van der Waals surface area contributed by atoms with Crippen LogP contribution in [0.25, 0.3) is 0 Å². The van der Waals surface area contributed by atoms with Crippen molar-refractivity contribution >= 4 is 28.9 Å². The van der Waals surface area contributed by atoms with E-state index in [2.05, 4.69) is 15.0 Å². The minimum atomic E-state index is 0.0363. The summed E-state index contributed by atoms with van der Waals surface area (Å²) in [5, 5.41) is 8.41. The summed E-state index contributed by atoms with van der Waals surface area (Å²) >= 11 is 5.82. The van der Waals surface area contributed by atoms with Crippen molar-refractivity contribution in [3.8, 4) is 0 Å². The number of aromatic nitrogens is 3. The standard InChI is InChI=1S/C11H11ClN6/c1-5-3-17-11(18-9(5)14)8(13)7-2-6(12)4-16-10(7)15/h2-4,13H,1H3,(H2,15,16)(H2,14,17,18). The minimum Gasteiger partial charge on any atom is -0.383 e. The molecule has 2 heterocycles. The van der Waals surface area contributed by atoms with Crippen LogP contribution >= 0.6 is 11.6 Å². The fraction of sp³-hybridized carbons (Fsp3) is 0.0909. The van der Waals surface area contributed by atoms with E-state index in [0.717, 1.165) is 5.56 Å². The number of aryl methyl sites for hydroxylation is 1. The highest BCUT2D eigenvalue weighted by Gasteiger charge is 2.13. The van der Waals surface area contributed by atoms with Gasteiger partial charge in [0.1, 0.15) is 17.3 Å². The quantitative estimate of drug-likeness (QED) is 0.708. The van der Waals surface area contributed by atoms with Crippen LogP contribution in [-0.2, 0) is 0 Å². The molecule has 0 unspecified atom stereocenters. The molecular formula is C11H11ClN6. The lowest BCUT2D eigenvalue weighted by atomic mass is 10.1. The Hall–Kier alpha value is -2.21. The Morgan fingerprint density at radius 2 is 1.94 bits per heavy atom. The molecule has 2 aromatic heterocycles. The van der Waals surface area contributed by atoms with Gasteiger partial charge in [-0.3, -0.25) is 5.41 Å². The average Bonchev–Trinajstić information content (AvgIpc) is 2.35. The second kappa shape index (κ2) is 4.58. The second-order valence-electron chi connectivity index (χ2n) is 3.72. The van der Waals surface area contributed by atoms with E-state index in [1.165, 1.54) is 6.20 Å². The first-order valence-corrected chi connectivity index (χ1v) is 5.46. The van der Waals surface area contributed by atoms with E-state index >= 15 is 0 Å². The summed E-state index contributed by atoms with van der Waals surface area (Å²) in [6, 6.07) is 1.55. The number of nitrogens with zero attached hydrogens (tertiary/aromatic N) is 3. The van der Waals surface area contributed by atoms with Gasteiger partial charge in [-0.25, -0.2) is 15.0 Å². The molecule has 0 aliphatic heterocycles. The number of nitrogens with one attached hydrogen (secondary N) is 1. The van der Waals surface area contributed by atoms with Gasteiger partial charge in [-0.1, -0.05) is 11.6 Å². The zero-order valence-electron chi connectivity index (χ0n) is 9.61. The van der Waals surface area contributed by atoms with Crippen LogP contribution in [0.3, 0.4) is 0 Å². The van der Waals surface area contributed by atoms with Crippen molar-refractivity contribution in [3.05, 3.63) is 40.4 Å². The fourth-order valence-corrected chi connectivity index (χ4v) is 1.50. The summed E-state index contributed by atoms with van der Waals surface area (Å²) in [6.07, 6.45) is 2.97. The molecule has 0 aliphatic carbocycles. The number of hydrogen-bond donors (Lipinski definition) is 3. The van der Waals surface area contributed by atoms with Crippen LogP contribution in [0, 0.1) is 12.3 Å². The topological polar surface area (TPSA) is 115 Å². The number of anilines is 2. The van der Waals surface area contributed by atoms with E-state index in [1.54, 1.807) is 19.2 Å². The number of halogens is 1. The average molecular weight is 263 g/mol. The fourth-order valence-electron chi connectivity index (χ4n) is 1.35. The molecule has 0 fully saturated rings. The number of nitrogens with two attached hydrogens (primary N) is 2. The van der Waals surface area contributed by atoms with Gasteiger partial charge in [0, 0.05) is 23.5 Å². The van der Waals surface area contributed by atoms with Gasteiger partial charge in [0.2, 0.25) is 0 Å². The van der Waals surface area contributed by atoms with Crippen LogP contribution in [0.2, 0.25) is 5.02 Å². The Bertz CT molecular complexity index is 625. The van der Waals surface area contributed by atoms with Crippen molar-refractivity contribution in [2.24, 2.45) is 0 Å². The summed E-state index contributed by atoms with van der Waals surface area (Å²) in [4.78, 5) is 12.0. The first kappa shape index (κ1) is 12.3. The molecule has 0 amide bonds. The van der Waals surface area contributed by atoms with E-state index < -0.39 is 0 Å². The number of pyridine rings is 1. The lowest BCUT2D eigenvalue weighted by Crippen LogP contribution is -2.12. The maximum absolute atomic E-state index is 8.02. The number of nitrogen functional groups attached to an aromatic ring is 2.